The number of para-hydroxylation sites is 1. The lowest BCUT2D eigenvalue weighted by Crippen LogP contribution is -2.47. The highest BCUT2D eigenvalue weighted by Crippen LogP contribution is 2.25. The van der Waals surface area contributed by atoms with Gasteiger partial charge in [-0.05, 0) is 43.0 Å². The molecule has 8 heteroatoms. The summed E-state index contributed by atoms with van der Waals surface area (Å²) in [5, 5.41) is 2.87. The van der Waals surface area contributed by atoms with Gasteiger partial charge in [0.1, 0.15) is 0 Å². The molecule has 1 aliphatic heterocycles. The smallest absolute Gasteiger partial charge is 0.243 e. The summed E-state index contributed by atoms with van der Waals surface area (Å²) in [6.45, 7) is 2.44. The Morgan fingerprint density at radius 3 is 2.48 bits per heavy atom. The van der Waals surface area contributed by atoms with Crippen molar-refractivity contribution in [1.29, 1.82) is 0 Å². The van der Waals surface area contributed by atoms with Gasteiger partial charge in [0.05, 0.1) is 17.4 Å². The first-order chi connectivity index (χ1) is 14.8. The molecule has 2 aromatic carbocycles. The molecular weight excluding hydrogens is 414 g/mol. The molecule has 0 radical (unpaired) electrons. The fourth-order valence-electron chi connectivity index (χ4n) is 3.85. The van der Waals surface area contributed by atoms with E-state index in [2.05, 4.69) is 5.32 Å². The third-order valence-corrected chi connectivity index (χ3v) is 7.42. The largest absolute Gasteiger partial charge is 0.336 e. The molecule has 1 N–H and O–H groups in total. The van der Waals surface area contributed by atoms with Crippen LogP contribution in [-0.4, -0.2) is 56.1 Å². The van der Waals surface area contributed by atoms with Gasteiger partial charge in [-0.15, -0.1) is 0 Å². The van der Waals surface area contributed by atoms with Crippen LogP contribution >= 0.6 is 0 Å². The average Bonchev–Trinajstić information content (AvgIpc) is 2.79. The maximum atomic E-state index is 12.9. The van der Waals surface area contributed by atoms with E-state index in [-0.39, 0.29) is 29.8 Å². The molecular formula is C23H29N3O4S. The molecule has 0 aliphatic carbocycles. The van der Waals surface area contributed by atoms with Crippen molar-refractivity contribution in [3.63, 3.8) is 0 Å². The van der Waals surface area contributed by atoms with Crippen LogP contribution in [0.5, 0.6) is 0 Å². The van der Waals surface area contributed by atoms with Gasteiger partial charge in [-0.2, -0.15) is 4.31 Å². The van der Waals surface area contributed by atoms with Crippen LogP contribution < -0.4 is 5.32 Å². The first-order valence-electron chi connectivity index (χ1n) is 10.5. The minimum Gasteiger partial charge on any atom is -0.336 e. The van der Waals surface area contributed by atoms with Crippen LogP contribution in [0.1, 0.15) is 25.3 Å². The average molecular weight is 444 g/mol. The molecule has 0 aromatic heterocycles. The van der Waals surface area contributed by atoms with Gasteiger partial charge in [0.15, 0.2) is 0 Å². The maximum Gasteiger partial charge on any atom is 0.243 e. The Morgan fingerprint density at radius 2 is 1.77 bits per heavy atom. The van der Waals surface area contributed by atoms with E-state index in [0.29, 0.717) is 19.4 Å². The Labute approximate surface area is 184 Å². The van der Waals surface area contributed by atoms with E-state index in [0.717, 1.165) is 17.7 Å². The molecule has 0 saturated carbocycles. The van der Waals surface area contributed by atoms with Gasteiger partial charge in [-0.3, -0.25) is 9.59 Å². The number of carbonyl (C=O) groups is 2. The lowest BCUT2D eigenvalue weighted by atomic mass is 9.98. The molecule has 1 fully saturated rings. The highest BCUT2D eigenvalue weighted by atomic mass is 32.2. The number of hydrogen-bond donors (Lipinski definition) is 1. The zero-order chi connectivity index (χ0) is 22.4. The summed E-state index contributed by atoms with van der Waals surface area (Å²) in [7, 11) is -2.06. The van der Waals surface area contributed by atoms with Crippen LogP contribution in [0.2, 0.25) is 0 Å². The third kappa shape index (κ3) is 5.51. The standard InChI is InChI=1S/C23H29N3O4S/c1-3-18-10-7-8-14-21(18)24-22(27)17-25(2)23(28)19-11-9-15-26(16-19)31(29,30)20-12-5-4-6-13-20/h4-8,10,12-14,19H,3,9,11,15-17H2,1-2H3,(H,24,27). The maximum absolute atomic E-state index is 12.9. The first-order valence-corrected chi connectivity index (χ1v) is 11.9. The number of piperidine rings is 1. The number of amides is 2. The second-order valence-electron chi connectivity index (χ2n) is 7.77. The quantitative estimate of drug-likeness (QED) is 0.713. The molecule has 0 bridgehead atoms. The van der Waals surface area contributed by atoms with E-state index < -0.39 is 15.9 Å². The predicted octanol–water partition coefficient (Wildman–Crippen LogP) is 2.75. The van der Waals surface area contributed by atoms with Crippen LogP contribution in [0.25, 0.3) is 0 Å². The number of hydrogen-bond acceptors (Lipinski definition) is 4. The van der Waals surface area contributed by atoms with E-state index in [1.54, 1.807) is 37.4 Å². The van der Waals surface area contributed by atoms with E-state index in [1.807, 2.05) is 31.2 Å². The summed E-state index contributed by atoms with van der Waals surface area (Å²) in [4.78, 5) is 27.0. The van der Waals surface area contributed by atoms with Gasteiger partial charge in [-0.1, -0.05) is 43.3 Å². The summed E-state index contributed by atoms with van der Waals surface area (Å²) in [5.41, 5.74) is 1.77. The monoisotopic (exact) mass is 443 g/mol. The number of nitrogens with one attached hydrogen (secondary N) is 1. The van der Waals surface area contributed by atoms with Crippen molar-refractivity contribution >= 4 is 27.5 Å². The molecule has 166 valence electrons. The van der Waals surface area contributed by atoms with Gasteiger partial charge in [0, 0.05) is 25.8 Å². The van der Waals surface area contributed by atoms with Crippen molar-refractivity contribution < 1.29 is 18.0 Å². The number of aryl methyl sites for hydroxylation is 1. The highest BCUT2D eigenvalue weighted by molar-refractivity contribution is 7.89. The Bertz CT molecular complexity index is 1020. The van der Waals surface area contributed by atoms with Crippen LogP contribution in [-0.2, 0) is 26.0 Å². The van der Waals surface area contributed by atoms with Crippen LogP contribution in [0, 0.1) is 5.92 Å². The van der Waals surface area contributed by atoms with Crippen molar-refractivity contribution in [1.82, 2.24) is 9.21 Å². The lowest BCUT2D eigenvalue weighted by molar-refractivity contribution is -0.138. The Morgan fingerprint density at radius 1 is 1.10 bits per heavy atom. The van der Waals surface area contributed by atoms with Gasteiger partial charge in [0.2, 0.25) is 21.8 Å². The molecule has 1 atom stereocenters. The number of anilines is 1. The number of carbonyl (C=O) groups excluding carboxylic acids is 2. The van der Waals surface area contributed by atoms with Gasteiger partial charge in [0.25, 0.3) is 0 Å². The Balaban J connectivity index is 1.62. The molecule has 1 saturated heterocycles. The lowest BCUT2D eigenvalue weighted by Gasteiger charge is -2.33. The van der Waals surface area contributed by atoms with Crippen molar-refractivity contribution in [2.75, 3.05) is 32.0 Å². The van der Waals surface area contributed by atoms with Crippen LogP contribution in [0.15, 0.2) is 59.5 Å². The third-order valence-electron chi connectivity index (χ3n) is 5.54. The molecule has 3 rings (SSSR count). The van der Waals surface area contributed by atoms with E-state index in [9.17, 15) is 18.0 Å². The van der Waals surface area contributed by atoms with E-state index >= 15 is 0 Å². The van der Waals surface area contributed by atoms with Crippen molar-refractivity contribution in [3.8, 4) is 0 Å². The minimum atomic E-state index is -3.64. The molecule has 1 aliphatic rings. The summed E-state index contributed by atoms with van der Waals surface area (Å²) >= 11 is 0. The molecule has 1 unspecified atom stereocenters. The number of rotatable bonds is 7. The number of nitrogens with zero attached hydrogens (tertiary/aromatic N) is 2. The number of benzene rings is 2. The van der Waals surface area contributed by atoms with Gasteiger partial charge >= 0.3 is 0 Å². The van der Waals surface area contributed by atoms with Crippen molar-refractivity contribution in [2.24, 2.45) is 5.92 Å². The van der Waals surface area contributed by atoms with E-state index in [1.165, 1.54) is 9.21 Å². The normalized spacial score (nSPS) is 17.2. The topological polar surface area (TPSA) is 86.8 Å². The molecule has 7 nitrogen and oxygen atoms in total. The number of sulfonamides is 1. The molecule has 1 heterocycles. The summed E-state index contributed by atoms with van der Waals surface area (Å²) in [5.74, 6) is -0.957. The summed E-state index contributed by atoms with van der Waals surface area (Å²) in [6.07, 6.45) is 2.00. The molecule has 2 amide bonds. The first kappa shape index (κ1) is 23.0. The zero-order valence-electron chi connectivity index (χ0n) is 18.0. The molecule has 31 heavy (non-hydrogen) atoms. The second-order valence-corrected chi connectivity index (χ2v) is 9.71. The summed E-state index contributed by atoms with van der Waals surface area (Å²) < 4.78 is 27.2. The molecule has 0 spiro atoms. The van der Waals surface area contributed by atoms with Crippen LogP contribution in [0.3, 0.4) is 0 Å². The fourth-order valence-corrected chi connectivity index (χ4v) is 5.39. The second kappa shape index (κ2) is 10.1. The minimum absolute atomic E-state index is 0.0845. The Kier molecular flexibility index (Phi) is 7.46. The summed E-state index contributed by atoms with van der Waals surface area (Å²) in [6, 6.07) is 15.8. The van der Waals surface area contributed by atoms with Crippen LogP contribution in [0.4, 0.5) is 5.69 Å². The number of likely N-dealkylation sites (N-methyl/N-ethyl adjacent to an activating group) is 1. The molecule has 2 aromatic rings. The fraction of sp³-hybridized carbons (Fsp3) is 0.391. The predicted molar refractivity (Wildman–Crippen MR) is 120 cm³/mol. The highest BCUT2D eigenvalue weighted by Gasteiger charge is 2.34. The zero-order valence-corrected chi connectivity index (χ0v) is 18.8. The van der Waals surface area contributed by atoms with Crippen molar-refractivity contribution in [3.05, 3.63) is 60.2 Å². The van der Waals surface area contributed by atoms with Gasteiger partial charge in [-0.25, -0.2) is 8.42 Å². The Hall–Kier alpha value is -2.71. The van der Waals surface area contributed by atoms with Crippen molar-refractivity contribution in [2.45, 2.75) is 31.1 Å². The van der Waals surface area contributed by atoms with E-state index in [4.69, 9.17) is 0 Å². The SMILES string of the molecule is CCc1ccccc1NC(=O)CN(C)C(=O)C1CCCN(S(=O)(=O)c2ccccc2)C1. The van der Waals surface area contributed by atoms with Gasteiger partial charge < -0.3 is 10.2 Å².